The first-order valence-electron chi connectivity index (χ1n) is 7.26. The van der Waals surface area contributed by atoms with Gasteiger partial charge in [-0.2, -0.15) is 0 Å². The number of hydrogen-bond acceptors (Lipinski definition) is 2. The van der Waals surface area contributed by atoms with Crippen molar-refractivity contribution in [3.8, 4) is 5.75 Å². The molecule has 0 aliphatic carbocycles. The van der Waals surface area contributed by atoms with E-state index < -0.39 is 0 Å². The van der Waals surface area contributed by atoms with Gasteiger partial charge in [-0.3, -0.25) is 0 Å². The number of benzene rings is 2. The molecule has 0 bridgehead atoms. The molecule has 112 valence electrons. The van der Waals surface area contributed by atoms with E-state index in [1.165, 1.54) is 11.6 Å². The Kier molecular flexibility index (Phi) is 4.97. The summed E-state index contributed by atoms with van der Waals surface area (Å²) in [6, 6.07) is 12.7. The van der Waals surface area contributed by atoms with Gasteiger partial charge in [-0.15, -0.1) is 0 Å². The van der Waals surface area contributed by atoms with Crippen molar-refractivity contribution in [1.82, 2.24) is 0 Å². The molecule has 21 heavy (non-hydrogen) atoms. The minimum atomic E-state index is -0.360. The summed E-state index contributed by atoms with van der Waals surface area (Å²) in [6.45, 7) is 5.94. The summed E-state index contributed by atoms with van der Waals surface area (Å²) in [7, 11) is 0. The maximum atomic E-state index is 13.9. The second kappa shape index (κ2) is 6.72. The number of rotatable bonds is 5. The van der Waals surface area contributed by atoms with Gasteiger partial charge in [0.25, 0.3) is 0 Å². The summed E-state index contributed by atoms with van der Waals surface area (Å²) >= 11 is 0. The van der Waals surface area contributed by atoms with Gasteiger partial charge in [-0.1, -0.05) is 42.8 Å². The Morgan fingerprint density at radius 2 is 1.67 bits per heavy atom. The number of aryl methyl sites for hydroxylation is 2. The predicted molar refractivity (Wildman–Crippen MR) is 84.0 cm³/mol. The van der Waals surface area contributed by atoms with Crippen molar-refractivity contribution in [3.63, 3.8) is 0 Å². The second-order valence-electron chi connectivity index (χ2n) is 5.46. The Balaban J connectivity index is 2.32. The van der Waals surface area contributed by atoms with Gasteiger partial charge >= 0.3 is 0 Å². The monoisotopic (exact) mass is 287 g/mol. The number of halogens is 1. The topological polar surface area (TPSA) is 35.2 Å². The van der Waals surface area contributed by atoms with Crippen LogP contribution in [-0.4, -0.2) is 6.04 Å². The van der Waals surface area contributed by atoms with E-state index in [4.69, 9.17) is 10.5 Å². The van der Waals surface area contributed by atoms with Crippen LogP contribution < -0.4 is 10.5 Å². The van der Waals surface area contributed by atoms with Crippen LogP contribution in [0.2, 0.25) is 0 Å². The largest absolute Gasteiger partial charge is 0.481 e. The highest BCUT2D eigenvalue weighted by Gasteiger charge is 2.21. The zero-order valence-electron chi connectivity index (χ0n) is 12.8. The minimum Gasteiger partial charge on any atom is -0.481 e. The summed E-state index contributed by atoms with van der Waals surface area (Å²) in [5.41, 5.74) is 9.27. The van der Waals surface area contributed by atoms with Crippen LogP contribution in [0.25, 0.3) is 0 Å². The highest BCUT2D eigenvalue weighted by Crippen LogP contribution is 2.28. The van der Waals surface area contributed by atoms with E-state index in [1.807, 2.05) is 45.0 Å². The van der Waals surface area contributed by atoms with E-state index in [0.29, 0.717) is 0 Å². The predicted octanol–water partition coefficient (Wildman–Crippen LogP) is 4.30. The van der Waals surface area contributed by atoms with E-state index in [9.17, 15) is 4.39 Å². The van der Waals surface area contributed by atoms with Gasteiger partial charge < -0.3 is 10.5 Å². The van der Waals surface area contributed by atoms with Crippen LogP contribution >= 0.6 is 0 Å². The molecule has 0 saturated heterocycles. The lowest BCUT2D eigenvalue weighted by atomic mass is 9.99. The minimum absolute atomic E-state index is 0.187. The Morgan fingerprint density at radius 3 is 2.29 bits per heavy atom. The molecule has 0 radical (unpaired) electrons. The summed E-state index contributed by atoms with van der Waals surface area (Å²) < 4.78 is 19.8. The van der Waals surface area contributed by atoms with Crippen LogP contribution in [0.4, 0.5) is 4.39 Å². The molecule has 2 unspecified atom stereocenters. The summed E-state index contributed by atoms with van der Waals surface area (Å²) in [5, 5.41) is 0. The van der Waals surface area contributed by atoms with Crippen LogP contribution in [0.1, 0.15) is 36.1 Å². The molecule has 0 aliphatic heterocycles. The first-order chi connectivity index (χ1) is 10.0. The molecule has 0 spiro atoms. The molecule has 2 aromatic rings. The second-order valence-corrected chi connectivity index (χ2v) is 5.46. The molecular weight excluding hydrogens is 265 g/mol. The van der Waals surface area contributed by atoms with Gasteiger partial charge in [0.15, 0.2) is 11.6 Å². The van der Waals surface area contributed by atoms with E-state index in [0.717, 1.165) is 17.5 Å². The van der Waals surface area contributed by atoms with E-state index in [2.05, 4.69) is 0 Å². The molecule has 0 heterocycles. The van der Waals surface area contributed by atoms with E-state index >= 15 is 0 Å². The average Bonchev–Trinajstić information content (AvgIpc) is 2.48. The van der Waals surface area contributed by atoms with Gasteiger partial charge in [-0.05, 0) is 43.5 Å². The first kappa shape index (κ1) is 15.5. The van der Waals surface area contributed by atoms with E-state index in [-0.39, 0.29) is 23.7 Å². The maximum Gasteiger partial charge on any atom is 0.165 e. The highest BCUT2D eigenvalue weighted by atomic mass is 19.1. The smallest absolute Gasteiger partial charge is 0.165 e. The van der Waals surface area contributed by atoms with Gasteiger partial charge in [0.05, 0.1) is 0 Å². The lowest BCUT2D eigenvalue weighted by Gasteiger charge is -2.25. The average molecular weight is 287 g/mol. The van der Waals surface area contributed by atoms with Crippen molar-refractivity contribution in [2.75, 3.05) is 0 Å². The Bertz CT molecular complexity index is 595. The first-order valence-corrected chi connectivity index (χ1v) is 7.26. The van der Waals surface area contributed by atoms with Crippen molar-refractivity contribution in [2.24, 2.45) is 5.73 Å². The summed E-state index contributed by atoms with van der Waals surface area (Å²) in [4.78, 5) is 0. The molecule has 2 aromatic carbocycles. The van der Waals surface area contributed by atoms with Crippen molar-refractivity contribution in [1.29, 1.82) is 0 Å². The third-order valence-corrected chi connectivity index (χ3v) is 3.61. The molecule has 0 amide bonds. The van der Waals surface area contributed by atoms with Crippen molar-refractivity contribution < 1.29 is 9.13 Å². The Morgan fingerprint density at radius 1 is 1.05 bits per heavy atom. The van der Waals surface area contributed by atoms with Gasteiger partial charge in [0.2, 0.25) is 0 Å². The number of ether oxygens (including phenoxy) is 1. The van der Waals surface area contributed by atoms with Gasteiger partial charge in [-0.25, -0.2) is 4.39 Å². The fourth-order valence-corrected chi connectivity index (χ4v) is 2.21. The highest BCUT2D eigenvalue weighted by molar-refractivity contribution is 5.31. The molecular formula is C18H22FNO. The Labute approximate surface area is 125 Å². The molecule has 2 nitrogen and oxygen atoms in total. The van der Waals surface area contributed by atoms with Gasteiger partial charge in [0, 0.05) is 6.04 Å². The lowest BCUT2D eigenvalue weighted by molar-refractivity contribution is 0.163. The standard InChI is InChI=1S/C18H22FNO/c1-4-16(20)18(14-8-5-12(2)6-9-14)21-17-11-13(3)7-10-15(17)19/h5-11,16,18H,4,20H2,1-3H3. The summed E-state index contributed by atoms with van der Waals surface area (Å²) in [5.74, 6) is -0.106. The fraction of sp³-hybridized carbons (Fsp3) is 0.333. The molecule has 2 N–H and O–H groups in total. The van der Waals surface area contributed by atoms with Crippen molar-refractivity contribution in [2.45, 2.75) is 39.3 Å². The van der Waals surface area contributed by atoms with Crippen molar-refractivity contribution >= 4 is 0 Å². The van der Waals surface area contributed by atoms with Crippen LogP contribution in [0.15, 0.2) is 42.5 Å². The zero-order valence-corrected chi connectivity index (χ0v) is 12.8. The SMILES string of the molecule is CCC(N)C(Oc1cc(C)ccc1F)c1ccc(C)cc1. The lowest BCUT2D eigenvalue weighted by Crippen LogP contribution is -2.31. The third-order valence-electron chi connectivity index (χ3n) is 3.61. The molecule has 0 saturated carbocycles. The number of hydrogen-bond donors (Lipinski definition) is 1. The molecule has 0 fully saturated rings. The van der Waals surface area contributed by atoms with Crippen LogP contribution in [-0.2, 0) is 0 Å². The molecule has 2 atom stereocenters. The molecule has 0 aromatic heterocycles. The maximum absolute atomic E-state index is 13.9. The quantitative estimate of drug-likeness (QED) is 0.890. The van der Waals surface area contributed by atoms with Gasteiger partial charge in [0.1, 0.15) is 6.10 Å². The number of nitrogens with two attached hydrogens (primary N) is 1. The third kappa shape index (κ3) is 3.82. The van der Waals surface area contributed by atoms with Crippen LogP contribution in [0.5, 0.6) is 5.75 Å². The summed E-state index contributed by atoms with van der Waals surface area (Å²) in [6.07, 6.45) is 0.401. The molecule has 2 rings (SSSR count). The molecule has 0 aliphatic rings. The van der Waals surface area contributed by atoms with Crippen molar-refractivity contribution in [3.05, 3.63) is 65.0 Å². The normalized spacial score (nSPS) is 13.8. The molecule has 3 heteroatoms. The Hall–Kier alpha value is -1.87. The van der Waals surface area contributed by atoms with E-state index in [1.54, 1.807) is 12.1 Å². The van der Waals surface area contributed by atoms with Crippen LogP contribution in [0, 0.1) is 19.7 Å². The van der Waals surface area contributed by atoms with Crippen LogP contribution in [0.3, 0.4) is 0 Å². The fourth-order valence-electron chi connectivity index (χ4n) is 2.21. The zero-order chi connectivity index (χ0) is 15.4.